The molecule has 2 heteroatoms. The van der Waals surface area contributed by atoms with Gasteiger partial charge in [-0.25, -0.2) is 0 Å². The lowest BCUT2D eigenvalue weighted by Gasteiger charge is -2.30. The molecule has 0 bridgehead atoms. The van der Waals surface area contributed by atoms with Crippen molar-refractivity contribution in [3.63, 3.8) is 0 Å². The van der Waals surface area contributed by atoms with Crippen LogP contribution < -0.4 is 4.90 Å². The van der Waals surface area contributed by atoms with Crippen molar-refractivity contribution in [1.29, 1.82) is 0 Å². The number of fused-ring (bicyclic) bond motifs is 12. The van der Waals surface area contributed by atoms with E-state index >= 15 is 0 Å². The molecule has 0 saturated heterocycles. The number of rotatable bonds is 6. The van der Waals surface area contributed by atoms with Crippen molar-refractivity contribution in [3.8, 4) is 77.9 Å². The predicted octanol–water partition coefficient (Wildman–Crippen LogP) is 19.5. The van der Waals surface area contributed by atoms with Gasteiger partial charge in [0, 0.05) is 44.2 Å². The van der Waals surface area contributed by atoms with Crippen LogP contribution in [0.4, 0.5) is 17.1 Å². The van der Waals surface area contributed by atoms with Gasteiger partial charge in [0.25, 0.3) is 0 Å². The molecular formula is C70H49NO. The molecule has 0 amide bonds. The monoisotopic (exact) mass is 919 g/mol. The summed E-state index contributed by atoms with van der Waals surface area (Å²) in [7, 11) is 0. The first-order valence-corrected chi connectivity index (χ1v) is 25.3. The highest BCUT2D eigenvalue weighted by atomic mass is 16.3. The quantitative estimate of drug-likeness (QED) is 0.165. The number of para-hydroxylation sites is 2. The Morgan fingerprint density at radius 2 is 0.750 bits per heavy atom. The number of hydrogen-bond acceptors (Lipinski definition) is 2. The molecule has 0 saturated carbocycles. The first kappa shape index (κ1) is 41.1. The van der Waals surface area contributed by atoms with Gasteiger partial charge in [0.1, 0.15) is 11.2 Å². The Morgan fingerprint density at radius 3 is 1.43 bits per heavy atom. The minimum atomic E-state index is -0.262. The average Bonchev–Trinajstić information content (AvgIpc) is 4.10. The van der Waals surface area contributed by atoms with Crippen molar-refractivity contribution in [2.45, 2.75) is 38.5 Å². The molecule has 15 rings (SSSR count). The third-order valence-corrected chi connectivity index (χ3v) is 16.6. The maximum atomic E-state index is 6.55. The summed E-state index contributed by atoms with van der Waals surface area (Å²) in [5, 5.41) is 4.94. The molecule has 3 aliphatic rings. The number of furan rings is 1. The molecule has 11 aromatic carbocycles. The molecule has 0 atom stereocenters. The van der Waals surface area contributed by atoms with Gasteiger partial charge in [-0.15, -0.1) is 0 Å². The molecule has 1 aromatic heterocycles. The second kappa shape index (κ2) is 14.9. The van der Waals surface area contributed by atoms with Crippen LogP contribution in [0.3, 0.4) is 0 Å². The molecule has 12 aromatic rings. The Labute approximate surface area is 420 Å². The normalized spacial score (nSPS) is 14.1. The van der Waals surface area contributed by atoms with E-state index in [2.05, 4.69) is 251 Å². The minimum absolute atomic E-state index is 0.206. The summed E-state index contributed by atoms with van der Waals surface area (Å²) in [5.74, 6) is 0. The summed E-state index contributed by atoms with van der Waals surface area (Å²) in [6, 6.07) is 83.6. The summed E-state index contributed by atoms with van der Waals surface area (Å²) in [6.45, 7) is 9.57. The maximum absolute atomic E-state index is 6.55. The maximum Gasteiger partial charge on any atom is 0.143 e. The summed E-state index contributed by atoms with van der Waals surface area (Å²) < 4.78 is 6.55. The van der Waals surface area contributed by atoms with Crippen molar-refractivity contribution in [1.82, 2.24) is 0 Å². The van der Waals surface area contributed by atoms with Crippen LogP contribution in [0.1, 0.15) is 49.9 Å². The van der Waals surface area contributed by atoms with Gasteiger partial charge >= 0.3 is 0 Å². The van der Waals surface area contributed by atoms with Crippen molar-refractivity contribution in [3.05, 3.63) is 247 Å². The molecule has 2 nitrogen and oxygen atoms in total. The molecule has 0 radical (unpaired) electrons. The molecule has 0 N–H and O–H groups in total. The summed E-state index contributed by atoms with van der Waals surface area (Å²) in [4.78, 5) is 2.48. The molecule has 3 aliphatic carbocycles. The zero-order chi connectivity index (χ0) is 48.0. The standard InChI is InChI=1S/C70H49NO/c1-69(2)62-38-44(42-14-6-5-7-15-42)26-32-53(62)55-34-30-47(40-64(55)69)71(46-28-24-43(25-29-46)49-36-37-60-52-17-9-8-16-51(52)59-21-13-20-58(49)67(59)60)48-31-35-56-54-33-27-45(39-63(54)70(3,4)65(56)41-48)50-19-12-22-61-57-18-10-11-23-66(57)72-68(50)61/h5-41H,1-4H3. The van der Waals surface area contributed by atoms with E-state index in [9.17, 15) is 0 Å². The van der Waals surface area contributed by atoms with Gasteiger partial charge in [0.05, 0.1) is 0 Å². The van der Waals surface area contributed by atoms with Crippen LogP contribution >= 0.6 is 0 Å². The van der Waals surface area contributed by atoms with E-state index in [0.29, 0.717) is 0 Å². The van der Waals surface area contributed by atoms with E-state index in [-0.39, 0.29) is 10.8 Å². The van der Waals surface area contributed by atoms with Crippen LogP contribution in [-0.4, -0.2) is 0 Å². The SMILES string of the molecule is CC1(C)c2cc(-c3ccccc3)ccc2-c2ccc(N(c3ccc(-c4ccc5c6c(cccc46)-c4ccccc4-5)cc3)c3ccc4c(c3)C(C)(C)c3cc(-c5cccc6c5oc5ccccc56)ccc3-4)cc21. The van der Waals surface area contributed by atoms with Gasteiger partial charge in [-0.1, -0.05) is 198 Å². The second-order valence-electron chi connectivity index (χ2n) is 21.2. The Morgan fingerprint density at radius 1 is 0.292 bits per heavy atom. The van der Waals surface area contributed by atoms with Gasteiger partial charge in [-0.3, -0.25) is 0 Å². The summed E-state index contributed by atoms with van der Waals surface area (Å²) in [5.41, 5.74) is 27.9. The molecule has 0 aliphatic heterocycles. The van der Waals surface area contributed by atoms with Crippen molar-refractivity contribution in [2.24, 2.45) is 0 Å². The van der Waals surface area contributed by atoms with Gasteiger partial charge in [0.15, 0.2) is 0 Å². The van der Waals surface area contributed by atoms with E-state index in [1.54, 1.807) is 0 Å². The van der Waals surface area contributed by atoms with Crippen LogP contribution in [0.15, 0.2) is 229 Å². The zero-order valence-corrected chi connectivity index (χ0v) is 40.7. The molecule has 72 heavy (non-hydrogen) atoms. The third-order valence-electron chi connectivity index (χ3n) is 16.6. The Balaban J connectivity index is 0.853. The fourth-order valence-corrected chi connectivity index (χ4v) is 13.0. The lowest BCUT2D eigenvalue weighted by atomic mass is 9.81. The second-order valence-corrected chi connectivity index (χ2v) is 21.2. The van der Waals surface area contributed by atoms with Crippen LogP contribution in [0.5, 0.6) is 0 Å². The molecule has 0 fully saturated rings. The fourth-order valence-electron chi connectivity index (χ4n) is 13.0. The number of hydrogen-bond donors (Lipinski definition) is 0. The van der Waals surface area contributed by atoms with Crippen LogP contribution in [0.25, 0.3) is 111 Å². The van der Waals surface area contributed by atoms with Gasteiger partial charge in [-0.05, 0) is 160 Å². The van der Waals surface area contributed by atoms with Gasteiger partial charge < -0.3 is 9.32 Å². The van der Waals surface area contributed by atoms with Crippen LogP contribution in [-0.2, 0) is 10.8 Å². The van der Waals surface area contributed by atoms with Crippen molar-refractivity contribution < 1.29 is 4.42 Å². The lowest BCUT2D eigenvalue weighted by Crippen LogP contribution is -2.18. The highest BCUT2D eigenvalue weighted by molar-refractivity contribution is 6.18. The van der Waals surface area contributed by atoms with Crippen molar-refractivity contribution in [2.75, 3.05) is 4.90 Å². The molecule has 0 unspecified atom stereocenters. The van der Waals surface area contributed by atoms with Crippen LogP contribution in [0.2, 0.25) is 0 Å². The summed E-state index contributed by atoms with van der Waals surface area (Å²) >= 11 is 0. The zero-order valence-electron chi connectivity index (χ0n) is 40.7. The number of anilines is 3. The average molecular weight is 920 g/mol. The van der Waals surface area contributed by atoms with Crippen molar-refractivity contribution >= 4 is 49.8 Å². The molecular weight excluding hydrogens is 871 g/mol. The Bertz CT molecular complexity index is 4230. The van der Waals surface area contributed by atoms with Gasteiger partial charge in [0.2, 0.25) is 0 Å². The molecule has 340 valence electrons. The third kappa shape index (κ3) is 5.78. The van der Waals surface area contributed by atoms with Gasteiger partial charge in [-0.2, -0.15) is 0 Å². The van der Waals surface area contributed by atoms with E-state index in [1.807, 2.05) is 6.07 Å². The van der Waals surface area contributed by atoms with E-state index in [0.717, 1.165) is 44.6 Å². The predicted molar refractivity (Wildman–Crippen MR) is 302 cm³/mol. The first-order chi connectivity index (χ1) is 35.2. The summed E-state index contributed by atoms with van der Waals surface area (Å²) in [6.07, 6.45) is 0. The lowest BCUT2D eigenvalue weighted by molar-refractivity contribution is 0.660. The highest BCUT2D eigenvalue weighted by Crippen LogP contribution is 2.55. The number of benzene rings is 11. The topological polar surface area (TPSA) is 16.4 Å². The largest absolute Gasteiger partial charge is 0.455 e. The van der Waals surface area contributed by atoms with E-state index in [4.69, 9.17) is 4.42 Å². The molecule has 0 spiro atoms. The molecule has 1 heterocycles. The Kier molecular flexibility index (Phi) is 8.51. The van der Waals surface area contributed by atoms with E-state index in [1.165, 1.54) is 105 Å². The minimum Gasteiger partial charge on any atom is -0.455 e. The first-order valence-electron chi connectivity index (χ1n) is 25.3. The van der Waals surface area contributed by atoms with E-state index < -0.39 is 0 Å². The highest BCUT2D eigenvalue weighted by Gasteiger charge is 2.39. The smallest absolute Gasteiger partial charge is 0.143 e. The van der Waals surface area contributed by atoms with Crippen LogP contribution in [0, 0.1) is 0 Å². The Hall–Kier alpha value is -8.72. The fraction of sp³-hybridized carbons (Fsp3) is 0.0857. The number of nitrogens with zero attached hydrogens (tertiary/aromatic N) is 1.